The Morgan fingerprint density at radius 2 is 1.24 bits per heavy atom. The van der Waals surface area contributed by atoms with Gasteiger partial charge in [-0.1, -0.05) is 59.2 Å². The fraction of sp³-hybridized carbons (Fsp3) is 0.500. The van der Waals surface area contributed by atoms with Crippen LogP contribution >= 0.6 is 16.7 Å². The minimum Gasteiger partial charge on any atom is -0.457 e. The van der Waals surface area contributed by atoms with Gasteiger partial charge in [0.1, 0.15) is 11.5 Å². The van der Waals surface area contributed by atoms with E-state index in [-0.39, 0.29) is 6.15 Å². The zero-order valence-corrected chi connectivity index (χ0v) is 19.2. The van der Waals surface area contributed by atoms with E-state index >= 15 is 0 Å². The number of hydrogen-bond acceptors (Lipinski definition) is 3. The average molecular weight is 431 g/mol. The van der Waals surface area contributed by atoms with E-state index in [1.54, 1.807) is 0 Å². The van der Waals surface area contributed by atoms with Crippen LogP contribution in [0, 0.1) is 0 Å². The van der Waals surface area contributed by atoms with Gasteiger partial charge in [0, 0.05) is 11.0 Å². The zero-order valence-electron chi connectivity index (χ0n) is 17.4. The second-order valence-electron chi connectivity index (χ2n) is 8.24. The van der Waals surface area contributed by atoms with Crippen LogP contribution in [0.4, 0.5) is 0 Å². The molecule has 2 aromatic rings. The molecule has 2 aliphatic rings. The number of hydrogen-bond donors (Lipinski definition) is 2. The summed E-state index contributed by atoms with van der Waals surface area (Å²) in [7, 11) is -0.0996. The summed E-state index contributed by atoms with van der Waals surface area (Å²) in [6.07, 6.45) is 13.2. The van der Waals surface area contributed by atoms with E-state index in [0.717, 1.165) is 31.0 Å². The average Bonchev–Trinajstić information content (AvgIpc) is 2.76. The Morgan fingerprint density at radius 3 is 1.83 bits per heavy atom. The molecule has 2 saturated carbocycles. The second kappa shape index (κ2) is 11.4. The maximum absolute atomic E-state index is 10.7. The van der Waals surface area contributed by atoms with Crippen molar-refractivity contribution in [3.63, 3.8) is 0 Å². The third kappa shape index (κ3) is 6.50. The van der Waals surface area contributed by atoms with Gasteiger partial charge in [-0.3, -0.25) is 0 Å². The van der Waals surface area contributed by atoms with E-state index in [4.69, 9.17) is 4.74 Å². The van der Waals surface area contributed by atoms with E-state index in [1.165, 1.54) is 69.5 Å². The predicted octanol–water partition coefficient (Wildman–Crippen LogP) is 6.62. The van der Waals surface area contributed by atoms with Crippen LogP contribution in [0.25, 0.3) is 0 Å². The Labute approximate surface area is 178 Å². The quantitative estimate of drug-likeness (QED) is 0.505. The first-order valence-corrected chi connectivity index (χ1v) is 13.3. The molecule has 4 N–H and O–H groups in total. The molecule has 5 heteroatoms. The fourth-order valence-corrected chi connectivity index (χ4v) is 7.70. The third-order valence-electron chi connectivity index (χ3n) is 6.09. The SMILES string of the molecule is N.OP(c1ccc(Oc2ccc(PC3CCCCC3)cc2)cc1)C1CCCCC1. The lowest BCUT2D eigenvalue weighted by Crippen LogP contribution is -2.16. The molecular weight excluding hydrogens is 396 g/mol. The largest absolute Gasteiger partial charge is 0.457 e. The molecule has 0 heterocycles. The van der Waals surface area contributed by atoms with Crippen LogP contribution in [0.5, 0.6) is 11.5 Å². The topological polar surface area (TPSA) is 64.5 Å². The Hall–Kier alpha value is -0.980. The highest BCUT2D eigenvalue weighted by molar-refractivity contribution is 7.60. The molecule has 0 amide bonds. The molecule has 0 saturated heterocycles. The van der Waals surface area contributed by atoms with Crippen LogP contribution in [0.3, 0.4) is 0 Å². The Balaban J connectivity index is 0.00000240. The summed E-state index contributed by atoms with van der Waals surface area (Å²) in [4.78, 5) is 10.7. The fourth-order valence-electron chi connectivity index (χ4n) is 4.44. The summed E-state index contributed by atoms with van der Waals surface area (Å²) in [5.41, 5.74) is 1.37. The van der Waals surface area contributed by atoms with Crippen LogP contribution in [0.1, 0.15) is 64.2 Å². The summed E-state index contributed by atoms with van der Waals surface area (Å²) >= 11 is 0. The molecule has 2 unspecified atom stereocenters. The number of benzene rings is 2. The first-order valence-electron chi connectivity index (χ1n) is 10.9. The molecule has 0 aliphatic heterocycles. The van der Waals surface area contributed by atoms with Gasteiger partial charge in [0.2, 0.25) is 0 Å². The van der Waals surface area contributed by atoms with Gasteiger partial charge in [0.25, 0.3) is 0 Å². The molecule has 0 spiro atoms. The Morgan fingerprint density at radius 1 is 0.724 bits per heavy atom. The van der Waals surface area contributed by atoms with E-state index in [1.807, 2.05) is 12.1 Å². The number of rotatable bonds is 6. The minimum absolute atomic E-state index is 0. The van der Waals surface area contributed by atoms with E-state index < -0.39 is 8.15 Å². The van der Waals surface area contributed by atoms with Crippen LogP contribution in [-0.2, 0) is 0 Å². The number of ether oxygens (including phenoxy) is 1. The van der Waals surface area contributed by atoms with E-state index in [2.05, 4.69) is 36.4 Å². The van der Waals surface area contributed by atoms with Crippen molar-refractivity contribution in [1.82, 2.24) is 6.15 Å². The molecule has 29 heavy (non-hydrogen) atoms. The van der Waals surface area contributed by atoms with Crippen molar-refractivity contribution in [1.29, 1.82) is 0 Å². The van der Waals surface area contributed by atoms with Crippen molar-refractivity contribution in [3.8, 4) is 11.5 Å². The van der Waals surface area contributed by atoms with Crippen molar-refractivity contribution < 1.29 is 9.63 Å². The van der Waals surface area contributed by atoms with Crippen molar-refractivity contribution in [2.45, 2.75) is 75.5 Å². The molecule has 158 valence electrons. The maximum Gasteiger partial charge on any atom is 0.127 e. The summed E-state index contributed by atoms with van der Waals surface area (Å²) in [6.45, 7) is 0. The molecule has 0 bridgehead atoms. The van der Waals surface area contributed by atoms with Gasteiger partial charge < -0.3 is 15.8 Å². The molecule has 2 aliphatic carbocycles. The molecule has 2 atom stereocenters. The van der Waals surface area contributed by atoms with Gasteiger partial charge >= 0.3 is 0 Å². The van der Waals surface area contributed by atoms with Crippen LogP contribution < -0.4 is 21.5 Å². The maximum atomic E-state index is 10.7. The van der Waals surface area contributed by atoms with Crippen molar-refractivity contribution in [2.24, 2.45) is 0 Å². The highest BCUT2D eigenvalue weighted by Crippen LogP contribution is 2.43. The zero-order chi connectivity index (χ0) is 19.2. The van der Waals surface area contributed by atoms with Gasteiger partial charge in [-0.2, -0.15) is 0 Å². The molecule has 2 fully saturated rings. The smallest absolute Gasteiger partial charge is 0.127 e. The van der Waals surface area contributed by atoms with E-state index in [9.17, 15) is 4.89 Å². The van der Waals surface area contributed by atoms with E-state index in [0.29, 0.717) is 5.66 Å². The normalized spacial score (nSPS) is 19.8. The molecular formula is C24H35NO2P2. The molecule has 0 radical (unpaired) electrons. The summed E-state index contributed by atoms with van der Waals surface area (Å²) in [5, 5.41) is 2.53. The van der Waals surface area contributed by atoms with Gasteiger partial charge in [-0.15, -0.1) is 0 Å². The highest BCUT2D eigenvalue weighted by Gasteiger charge is 2.23. The van der Waals surface area contributed by atoms with Crippen LogP contribution in [0.2, 0.25) is 0 Å². The summed E-state index contributed by atoms with van der Waals surface area (Å²) in [6, 6.07) is 16.8. The minimum atomic E-state index is -1.03. The van der Waals surface area contributed by atoms with Gasteiger partial charge in [0.15, 0.2) is 0 Å². The Kier molecular flexibility index (Phi) is 8.94. The predicted molar refractivity (Wildman–Crippen MR) is 128 cm³/mol. The standard InChI is InChI=1S/C24H32O2P2.H3N/c25-28(23-9-5-2-6-10-23)24-17-13-20(14-18-24)26-19-11-15-22(16-12-19)27-21-7-3-1-4-8-21;/h11-18,21,23,25,27H,1-10H2;1H3. The van der Waals surface area contributed by atoms with Gasteiger partial charge in [-0.25, -0.2) is 0 Å². The van der Waals surface area contributed by atoms with Crippen molar-refractivity contribution >= 4 is 27.3 Å². The summed E-state index contributed by atoms with van der Waals surface area (Å²) < 4.78 is 6.03. The molecule has 2 aromatic carbocycles. The third-order valence-corrected chi connectivity index (χ3v) is 9.78. The first-order chi connectivity index (χ1) is 13.8. The van der Waals surface area contributed by atoms with Gasteiger partial charge in [0.05, 0.1) is 8.15 Å². The van der Waals surface area contributed by atoms with Gasteiger partial charge in [-0.05, 0) is 73.0 Å². The second-order valence-corrected chi connectivity index (χ2v) is 11.9. The molecule has 4 rings (SSSR count). The molecule has 0 aromatic heterocycles. The van der Waals surface area contributed by atoms with Crippen LogP contribution in [-0.4, -0.2) is 16.2 Å². The lowest BCUT2D eigenvalue weighted by molar-refractivity contribution is 0.482. The highest BCUT2D eigenvalue weighted by atomic mass is 31.1. The first kappa shape index (κ1) is 22.7. The van der Waals surface area contributed by atoms with Crippen molar-refractivity contribution in [2.75, 3.05) is 0 Å². The molecule has 3 nitrogen and oxygen atoms in total. The lowest BCUT2D eigenvalue weighted by Gasteiger charge is -2.26. The lowest BCUT2D eigenvalue weighted by atomic mass is 10.0. The van der Waals surface area contributed by atoms with Crippen molar-refractivity contribution in [3.05, 3.63) is 48.5 Å². The van der Waals surface area contributed by atoms with Crippen LogP contribution in [0.15, 0.2) is 48.5 Å². The summed E-state index contributed by atoms with van der Waals surface area (Å²) in [5.74, 6) is 1.74. The Bertz CT molecular complexity index is 724. The monoisotopic (exact) mass is 431 g/mol.